The van der Waals surface area contributed by atoms with Crippen LogP contribution in [0.4, 0.5) is 0 Å². The summed E-state index contributed by atoms with van der Waals surface area (Å²) < 4.78 is 27.7. The lowest BCUT2D eigenvalue weighted by atomic mass is 9.69. The molecule has 1 aromatic heterocycles. The molecule has 3 rings (SSSR count). The largest absolute Gasteiger partial charge is 0.396 e. The number of piperidine rings is 2. The normalized spacial score (nSPS) is 31.1. The smallest absolute Gasteiger partial charge is 0.252 e. The number of sulfonamides is 1. The molecule has 0 unspecified atom stereocenters. The van der Waals surface area contributed by atoms with Gasteiger partial charge in [-0.25, -0.2) is 8.42 Å². The van der Waals surface area contributed by atoms with Crippen LogP contribution in [-0.2, 0) is 10.0 Å². The Bertz CT molecular complexity index is 643. The lowest BCUT2D eigenvalue weighted by molar-refractivity contribution is -0.0508. The summed E-state index contributed by atoms with van der Waals surface area (Å²) in [6.07, 6.45) is 2.80. The average Bonchev–Trinajstić information content (AvgIpc) is 2.94. The number of likely N-dealkylation sites (N-methyl/N-ethyl adjacent to an activating group) is 1. The molecule has 1 N–H and O–H groups in total. The molecular formula is C15H24N2O3S2. The van der Waals surface area contributed by atoms with Crippen LogP contribution in [0.1, 0.15) is 24.1 Å². The molecule has 0 aliphatic carbocycles. The maximum Gasteiger partial charge on any atom is 0.252 e. The standard InChI is InChI=1S/C15H24N2O3S2/c1-12-4-5-14(21-12)22(19,20)17-9-7-15(11-18)6-3-8-16(2)13(15)10-17/h4-5,13,18H,3,6-11H2,1-2H3/t13-,15-/m1/s1. The molecule has 0 aromatic carbocycles. The van der Waals surface area contributed by atoms with E-state index in [2.05, 4.69) is 4.90 Å². The number of aliphatic hydroxyl groups is 1. The molecule has 1 aromatic rings. The molecule has 5 nitrogen and oxygen atoms in total. The molecule has 124 valence electrons. The minimum Gasteiger partial charge on any atom is -0.396 e. The van der Waals surface area contributed by atoms with Crippen molar-refractivity contribution in [3.05, 3.63) is 17.0 Å². The zero-order chi connectivity index (χ0) is 16.0. The highest BCUT2D eigenvalue weighted by Crippen LogP contribution is 2.42. The molecule has 0 saturated carbocycles. The molecule has 0 amide bonds. The number of rotatable bonds is 3. The highest BCUT2D eigenvalue weighted by Gasteiger charge is 2.48. The fraction of sp³-hybridized carbons (Fsp3) is 0.733. The minimum absolute atomic E-state index is 0.107. The van der Waals surface area contributed by atoms with Crippen LogP contribution in [0.25, 0.3) is 0 Å². The van der Waals surface area contributed by atoms with Gasteiger partial charge < -0.3 is 10.0 Å². The molecule has 2 aliphatic rings. The second-order valence-corrected chi connectivity index (χ2v) is 10.1. The molecule has 2 aliphatic heterocycles. The van der Waals surface area contributed by atoms with Gasteiger partial charge in [0.2, 0.25) is 0 Å². The number of likely N-dealkylation sites (tertiary alicyclic amines) is 1. The Morgan fingerprint density at radius 2 is 2.14 bits per heavy atom. The number of hydrogen-bond donors (Lipinski definition) is 1. The van der Waals surface area contributed by atoms with Crippen LogP contribution in [0, 0.1) is 12.3 Å². The van der Waals surface area contributed by atoms with E-state index < -0.39 is 10.0 Å². The monoisotopic (exact) mass is 344 g/mol. The number of aliphatic hydroxyl groups excluding tert-OH is 1. The Kier molecular flexibility index (Phi) is 4.37. The topological polar surface area (TPSA) is 60.9 Å². The van der Waals surface area contributed by atoms with Gasteiger partial charge >= 0.3 is 0 Å². The zero-order valence-corrected chi connectivity index (χ0v) is 14.8. The first kappa shape index (κ1) is 16.4. The first-order chi connectivity index (χ1) is 10.4. The van der Waals surface area contributed by atoms with Crippen molar-refractivity contribution in [2.45, 2.75) is 36.4 Å². The van der Waals surface area contributed by atoms with Gasteiger partial charge in [0.25, 0.3) is 10.0 Å². The van der Waals surface area contributed by atoms with E-state index in [9.17, 15) is 13.5 Å². The number of thiophene rings is 1. The van der Waals surface area contributed by atoms with Gasteiger partial charge in [0.15, 0.2) is 0 Å². The molecule has 3 heterocycles. The Morgan fingerprint density at radius 3 is 2.77 bits per heavy atom. The predicted octanol–water partition coefficient (Wildman–Crippen LogP) is 1.52. The van der Waals surface area contributed by atoms with E-state index in [1.807, 2.05) is 20.0 Å². The third-order valence-corrected chi connectivity index (χ3v) is 8.62. The van der Waals surface area contributed by atoms with E-state index in [0.717, 1.165) is 30.7 Å². The quantitative estimate of drug-likeness (QED) is 0.903. The van der Waals surface area contributed by atoms with Crippen molar-refractivity contribution in [2.24, 2.45) is 5.41 Å². The minimum atomic E-state index is -3.41. The maximum absolute atomic E-state index is 12.8. The third-order valence-electron chi connectivity index (χ3n) is 5.28. The summed E-state index contributed by atoms with van der Waals surface area (Å²) in [5.41, 5.74) is -0.135. The molecule has 2 atom stereocenters. The molecule has 2 saturated heterocycles. The number of hydrogen-bond acceptors (Lipinski definition) is 5. The average molecular weight is 345 g/mol. The SMILES string of the molecule is Cc1ccc(S(=O)(=O)N2CC[C@@]3(CO)CCCN(C)[C@@H]3C2)s1. The van der Waals surface area contributed by atoms with Crippen LogP contribution in [0.15, 0.2) is 16.3 Å². The van der Waals surface area contributed by atoms with Gasteiger partial charge in [0, 0.05) is 29.4 Å². The third kappa shape index (κ3) is 2.63. The number of fused-ring (bicyclic) bond motifs is 1. The van der Waals surface area contributed by atoms with Crippen LogP contribution in [0.5, 0.6) is 0 Å². The number of nitrogens with zero attached hydrogens (tertiary/aromatic N) is 2. The van der Waals surface area contributed by atoms with Gasteiger partial charge in [0.1, 0.15) is 4.21 Å². The summed E-state index contributed by atoms with van der Waals surface area (Å²) in [6.45, 7) is 4.03. The summed E-state index contributed by atoms with van der Waals surface area (Å²) in [5.74, 6) is 0. The van der Waals surface area contributed by atoms with Gasteiger partial charge in [0.05, 0.1) is 6.61 Å². The van der Waals surface area contributed by atoms with E-state index in [4.69, 9.17) is 0 Å². The molecule has 0 radical (unpaired) electrons. The first-order valence-corrected chi connectivity index (χ1v) is 10.0. The van der Waals surface area contributed by atoms with Gasteiger partial charge in [-0.3, -0.25) is 0 Å². The fourth-order valence-electron chi connectivity index (χ4n) is 3.89. The van der Waals surface area contributed by atoms with Gasteiger partial charge in [-0.2, -0.15) is 4.31 Å². The van der Waals surface area contributed by atoms with E-state index in [0.29, 0.717) is 17.3 Å². The second-order valence-electron chi connectivity index (χ2n) is 6.60. The molecular weight excluding hydrogens is 320 g/mol. The molecule has 22 heavy (non-hydrogen) atoms. The van der Waals surface area contributed by atoms with Crippen LogP contribution in [0.3, 0.4) is 0 Å². The molecule has 7 heteroatoms. The Labute approximate surface area is 136 Å². The highest BCUT2D eigenvalue weighted by atomic mass is 32.2. The van der Waals surface area contributed by atoms with Crippen LogP contribution < -0.4 is 0 Å². The van der Waals surface area contributed by atoms with Crippen molar-refractivity contribution < 1.29 is 13.5 Å². The van der Waals surface area contributed by atoms with Crippen molar-refractivity contribution in [1.29, 1.82) is 0 Å². The van der Waals surface area contributed by atoms with Gasteiger partial charge in [-0.1, -0.05) is 0 Å². The zero-order valence-electron chi connectivity index (χ0n) is 13.2. The number of aryl methyl sites for hydroxylation is 1. The van der Waals surface area contributed by atoms with Crippen LogP contribution in [-0.4, -0.2) is 62.1 Å². The van der Waals surface area contributed by atoms with E-state index >= 15 is 0 Å². The van der Waals surface area contributed by atoms with E-state index in [1.165, 1.54) is 11.3 Å². The highest BCUT2D eigenvalue weighted by molar-refractivity contribution is 7.91. The lowest BCUT2D eigenvalue weighted by Gasteiger charge is -2.53. The lowest BCUT2D eigenvalue weighted by Crippen LogP contribution is -2.62. The molecule has 0 bridgehead atoms. The summed E-state index contributed by atoms with van der Waals surface area (Å²) in [5, 5.41) is 9.91. The van der Waals surface area contributed by atoms with Crippen molar-refractivity contribution in [3.63, 3.8) is 0 Å². The van der Waals surface area contributed by atoms with Crippen molar-refractivity contribution in [3.8, 4) is 0 Å². The van der Waals surface area contributed by atoms with E-state index in [-0.39, 0.29) is 18.1 Å². The fourth-order valence-corrected chi connectivity index (χ4v) is 6.77. The Hall–Kier alpha value is -0.470. The van der Waals surface area contributed by atoms with Crippen molar-refractivity contribution >= 4 is 21.4 Å². The molecule has 2 fully saturated rings. The Morgan fingerprint density at radius 1 is 1.36 bits per heavy atom. The maximum atomic E-state index is 12.8. The van der Waals surface area contributed by atoms with Crippen molar-refractivity contribution in [2.75, 3.05) is 33.3 Å². The van der Waals surface area contributed by atoms with Crippen molar-refractivity contribution in [1.82, 2.24) is 9.21 Å². The second kappa shape index (κ2) is 5.87. The Balaban J connectivity index is 1.86. The van der Waals surface area contributed by atoms with E-state index in [1.54, 1.807) is 10.4 Å². The van der Waals surface area contributed by atoms with Gasteiger partial charge in [-0.15, -0.1) is 11.3 Å². The summed E-state index contributed by atoms with van der Waals surface area (Å²) in [4.78, 5) is 3.23. The first-order valence-electron chi connectivity index (χ1n) is 7.77. The molecule has 0 spiro atoms. The van der Waals surface area contributed by atoms with Gasteiger partial charge in [-0.05, 0) is 51.9 Å². The van der Waals surface area contributed by atoms with Crippen LogP contribution >= 0.6 is 11.3 Å². The summed E-state index contributed by atoms with van der Waals surface area (Å²) in [6, 6.07) is 3.66. The summed E-state index contributed by atoms with van der Waals surface area (Å²) >= 11 is 1.33. The predicted molar refractivity (Wildman–Crippen MR) is 87.6 cm³/mol. The summed E-state index contributed by atoms with van der Waals surface area (Å²) in [7, 11) is -1.37. The van der Waals surface area contributed by atoms with Crippen LogP contribution in [0.2, 0.25) is 0 Å².